The van der Waals surface area contributed by atoms with Gasteiger partial charge in [-0.3, -0.25) is 0 Å². The van der Waals surface area contributed by atoms with Crippen molar-refractivity contribution in [2.24, 2.45) is 0 Å². The van der Waals surface area contributed by atoms with Crippen LogP contribution in [0.25, 0.3) is 0 Å². The van der Waals surface area contributed by atoms with Crippen molar-refractivity contribution in [3.63, 3.8) is 0 Å². The summed E-state index contributed by atoms with van der Waals surface area (Å²) in [5.41, 5.74) is 0.695. The largest absolute Gasteiger partial charge is 0.465 e. The third-order valence-electron chi connectivity index (χ3n) is 3.09. The molecule has 6 heteroatoms. The fourth-order valence-corrected chi connectivity index (χ4v) is 2.08. The van der Waals surface area contributed by atoms with Crippen LogP contribution in [-0.4, -0.2) is 22.6 Å². The molecule has 0 aliphatic carbocycles. The number of nitrogens with zero attached hydrogens (tertiary/aromatic N) is 2. The molecule has 21 heavy (non-hydrogen) atoms. The number of aromatic nitrogens is 2. The SMILES string of the molecule is CCCn1ccnc1CNc1cc(F)ccc1C(=O)OC. The molecule has 0 amide bonds. The second-order valence-corrected chi connectivity index (χ2v) is 4.57. The summed E-state index contributed by atoms with van der Waals surface area (Å²) in [7, 11) is 1.30. The zero-order chi connectivity index (χ0) is 15.2. The molecule has 2 rings (SSSR count). The molecular weight excluding hydrogens is 273 g/mol. The van der Waals surface area contributed by atoms with E-state index in [2.05, 4.69) is 17.2 Å². The maximum atomic E-state index is 13.4. The number of carbonyl (C=O) groups is 1. The van der Waals surface area contributed by atoms with Gasteiger partial charge >= 0.3 is 5.97 Å². The predicted octanol–water partition coefficient (Wildman–Crippen LogP) is 2.83. The number of benzene rings is 1. The number of ether oxygens (including phenoxy) is 1. The summed E-state index contributed by atoms with van der Waals surface area (Å²) in [6, 6.07) is 3.91. The van der Waals surface area contributed by atoms with Crippen LogP contribution in [0.5, 0.6) is 0 Å². The normalized spacial score (nSPS) is 10.4. The molecule has 0 aliphatic rings. The maximum Gasteiger partial charge on any atom is 0.339 e. The van der Waals surface area contributed by atoms with Crippen molar-refractivity contribution in [1.29, 1.82) is 0 Å². The number of anilines is 1. The molecule has 1 aromatic heterocycles. The number of halogens is 1. The molecule has 0 bridgehead atoms. The molecular formula is C15H18FN3O2. The van der Waals surface area contributed by atoms with Crippen LogP contribution in [0.15, 0.2) is 30.6 Å². The van der Waals surface area contributed by atoms with E-state index < -0.39 is 11.8 Å². The smallest absolute Gasteiger partial charge is 0.339 e. The molecule has 1 aromatic carbocycles. The van der Waals surface area contributed by atoms with Gasteiger partial charge in [0.25, 0.3) is 0 Å². The van der Waals surface area contributed by atoms with E-state index in [-0.39, 0.29) is 0 Å². The lowest BCUT2D eigenvalue weighted by Crippen LogP contribution is -2.12. The van der Waals surface area contributed by atoms with Gasteiger partial charge in [0.05, 0.1) is 24.9 Å². The lowest BCUT2D eigenvalue weighted by atomic mass is 10.1. The lowest BCUT2D eigenvalue weighted by Gasteiger charge is -2.12. The van der Waals surface area contributed by atoms with Crippen LogP contribution in [-0.2, 0) is 17.8 Å². The molecule has 1 N–H and O–H groups in total. The van der Waals surface area contributed by atoms with Gasteiger partial charge in [-0.05, 0) is 24.6 Å². The fraction of sp³-hybridized carbons (Fsp3) is 0.333. The number of aryl methyl sites for hydroxylation is 1. The highest BCUT2D eigenvalue weighted by Crippen LogP contribution is 2.19. The summed E-state index contributed by atoms with van der Waals surface area (Å²) in [6.45, 7) is 3.35. The van der Waals surface area contributed by atoms with Crippen LogP contribution in [0, 0.1) is 5.82 Å². The first kappa shape index (κ1) is 15.0. The minimum atomic E-state index is -0.505. The van der Waals surface area contributed by atoms with Crippen LogP contribution >= 0.6 is 0 Å². The molecule has 0 fully saturated rings. The van der Waals surface area contributed by atoms with E-state index in [9.17, 15) is 9.18 Å². The minimum absolute atomic E-state index is 0.299. The van der Waals surface area contributed by atoms with Gasteiger partial charge in [-0.1, -0.05) is 6.92 Å². The van der Waals surface area contributed by atoms with Crippen LogP contribution in [0.3, 0.4) is 0 Å². The molecule has 1 heterocycles. The number of methoxy groups -OCH3 is 1. The van der Waals surface area contributed by atoms with E-state index in [1.807, 2.05) is 10.8 Å². The number of hydrogen-bond donors (Lipinski definition) is 1. The van der Waals surface area contributed by atoms with Crippen LogP contribution in [0.2, 0.25) is 0 Å². The highest BCUT2D eigenvalue weighted by atomic mass is 19.1. The van der Waals surface area contributed by atoms with Crippen molar-refractivity contribution < 1.29 is 13.9 Å². The van der Waals surface area contributed by atoms with Crippen molar-refractivity contribution in [2.75, 3.05) is 12.4 Å². The van der Waals surface area contributed by atoms with E-state index in [0.29, 0.717) is 17.8 Å². The number of hydrogen-bond acceptors (Lipinski definition) is 4. The molecule has 0 atom stereocenters. The Bertz CT molecular complexity index is 625. The van der Waals surface area contributed by atoms with Crippen molar-refractivity contribution in [2.45, 2.75) is 26.4 Å². The maximum absolute atomic E-state index is 13.4. The highest BCUT2D eigenvalue weighted by Gasteiger charge is 2.13. The quantitative estimate of drug-likeness (QED) is 0.831. The van der Waals surface area contributed by atoms with Crippen molar-refractivity contribution in [3.8, 4) is 0 Å². The Morgan fingerprint density at radius 2 is 2.29 bits per heavy atom. The summed E-state index contributed by atoms with van der Waals surface area (Å²) in [5.74, 6) is -0.0895. The van der Waals surface area contributed by atoms with E-state index in [1.165, 1.54) is 25.3 Å². The second kappa shape index (κ2) is 6.88. The third-order valence-corrected chi connectivity index (χ3v) is 3.09. The summed E-state index contributed by atoms with van der Waals surface area (Å²) in [6.07, 6.45) is 4.61. The molecule has 0 saturated heterocycles. The predicted molar refractivity (Wildman–Crippen MR) is 77.6 cm³/mol. The minimum Gasteiger partial charge on any atom is -0.465 e. The Morgan fingerprint density at radius 3 is 3.00 bits per heavy atom. The Balaban J connectivity index is 2.17. The van der Waals surface area contributed by atoms with Crippen LogP contribution < -0.4 is 5.32 Å². The van der Waals surface area contributed by atoms with E-state index >= 15 is 0 Å². The number of imidazole rings is 1. The second-order valence-electron chi connectivity index (χ2n) is 4.57. The molecule has 0 aliphatic heterocycles. The molecule has 0 unspecified atom stereocenters. The first-order valence-electron chi connectivity index (χ1n) is 6.77. The average molecular weight is 291 g/mol. The Morgan fingerprint density at radius 1 is 1.48 bits per heavy atom. The van der Waals surface area contributed by atoms with Gasteiger partial charge in [-0.15, -0.1) is 0 Å². The average Bonchev–Trinajstić information content (AvgIpc) is 2.92. The van der Waals surface area contributed by atoms with E-state index in [1.54, 1.807) is 6.20 Å². The van der Waals surface area contributed by atoms with Crippen molar-refractivity contribution in [3.05, 3.63) is 47.8 Å². The fourth-order valence-electron chi connectivity index (χ4n) is 2.08. The summed E-state index contributed by atoms with van der Waals surface area (Å²) in [5, 5.41) is 3.05. The van der Waals surface area contributed by atoms with Gasteiger partial charge in [0, 0.05) is 18.9 Å². The Hall–Kier alpha value is -2.37. The van der Waals surface area contributed by atoms with Gasteiger partial charge in [-0.2, -0.15) is 0 Å². The summed E-state index contributed by atoms with van der Waals surface area (Å²) >= 11 is 0. The van der Waals surface area contributed by atoms with Crippen molar-refractivity contribution >= 4 is 11.7 Å². The first-order chi connectivity index (χ1) is 10.2. The number of esters is 1. The van der Waals surface area contributed by atoms with Crippen LogP contribution in [0.4, 0.5) is 10.1 Å². The molecule has 2 aromatic rings. The molecule has 5 nitrogen and oxygen atoms in total. The monoisotopic (exact) mass is 291 g/mol. The topological polar surface area (TPSA) is 56.2 Å². The molecule has 112 valence electrons. The van der Waals surface area contributed by atoms with Gasteiger partial charge in [0.2, 0.25) is 0 Å². The first-order valence-corrected chi connectivity index (χ1v) is 6.77. The standard InChI is InChI=1S/C15H18FN3O2/c1-3-7-19-8-6-17-14(19)10-18-13-9-11(16)4-5-12(13)15(20)21-2/h4-6,8-9,18H,3,7,10H2,1-2H3. The third kappa shape index (κ3) is 3.59. The zero-order valence-corrected chi connectivity index (χ0v) is 12.1. The van der Waals surface area contributed by atoms with E-state index in [4.69, 9.17) is 4.74 Å². The molecule has 0 radical (unpaired) electrons. The van der Waals surface area contributed by atoms with Gasteiger partial charge in [0.15, 0.2) is 0 Å². The Labute approximate surface area is 122 Å². The highest BCUT2D eigenvalue weighted by molar-refractivity contribution is 5.95. The molecule has 0 saturated carbocycles. The summed E-state index contributed by atoms with van der Waals surface area (Å²) in [4.78, 5) is 15.9. The van der Waals surface area contributed by atoms with Gasteiger partial charge in [0.1, 0.15) is 11.6 Å². The summed E-state index contributed by atoms with van der Waals surface area (Å²) < 4.78 is 20.1. The molecule has 0 spiro atoms. The lowest BCUT2D eigenvalue weighted by molar-refractivity contribution is 0.0601. The van der Waals surface area contributed by atoms with Crippen molar-refractivity contribution in [1.82, 2.24) is 9.55 Å². The van der Waals surface area contributed by atoms with Gasteiger partial charge in [-0.25, -0.2) is 14.2 Å². The van der Waals surface area contributed by atoms with Gasteiger partial charge < -0.3 is 14.6 Å². The Kier molecular flexibility index (Phi) is 4.92. The van der Waals surface area contributed by atoms with Crippen LogP contribution in [0.1, 0.15) is 29.5 Å². The number of nitrogens with one attached hydrogen (secondary N) is 1. The zero-order valence-electron chi connectivity index (χ0n) is 12.1. The van der Waals surface area contributed by atoms with E-state index in [0.717, 1.165) is 18.8 Å². The number of carbonyl (C=O) groups excluding carboxylic acids is 1. The number of rotatable bonds is 6.